The molecule has 0 amide bonds. The summed E-state index contributed by atoms with van der Waals surface area (Å²) in [5.41, 5.74) is 0. The van der Waals surface area contributed by atoms with Crippen molar-refractivity contribution < 1.29 is 19.8 Å². The van der Waals surface area contributed by atoms with Gasteiger partial charge in [0.1, 0.15) is 0 Å². The van der Waals surface area contributed by atoms with Crippen LogP contribution in [0, 0.1) is 36.5 Å². The van der Waals surface area contributed by atoms with Crippen LogP contribution < -0.4 is 0 Å². The second kappa shape index (κ2) is 13.5. The third-order valence-corrected chi connectivity index (χ3v) is 2.76. The zero-order valence-corrected chi connectivity index (χ0v) is 12.3. The highest BCUT2D eigenvalue weighted by Crippen LogP contribution is 2.07. The van der Waals surface area contributed by atoms with Gasteiger partial charge in [0.05, 0.1) is 11.8 Å². The Morgan fingerprint density at radius 2 is 1.20 bits per heavy atom. The van der Waals surface area contributed by atoms with Crippen molar-refractivity contribution in [2.75, 3.05) is 0 Å². The zero-order chi connectivity index (χ0) is 16.0. The summed E-state index contributed by atoms with van der Waals surface area (Å²) in [6.45, 7) is 3.39. The molecule has 4 heteroatoms. The van der Waals surface area contributed by atoms with Gasteiger partial charge in [-0.25, -0.2) is 0 Å². The lowest BCUT2D eigenvalue weighted by molar-refractivity contribution is -0.142. The normalized spacial score (nSPS) is 12.0. The van der Waals surface area contributed by atoms with Gasteiger partial charge in [-0.15, -0.1) is 24.7 Å². The highest BCUT2D eigenvalue weighted by atomic mass is 16.4. The smallest absolute Gasteiger partial charge is 0.306 e. The molecule has 2 N–H and O–H groups in total. The maximum Gasteiger partial charge on any atom is 0.306 e. The number of carboxylic acids is 2. The van der Waals surface area contributed by atoms with E-state index in [-0.39, 0.29) is 11.8 Å². The topological polar surface area (TPSA) is 74.6 Å². The van der Waals surface area contributed by atoms with Crippen LogP contribution in [0.15, 0.2) is 0 Å². The Morgan fingerprint density at radius 3 is 1.40 bits per heavy atom. The van der Waals surface area contributed by atoms with Gasteiger partial charge in [-0.3, -0.25) is 9.59 Å². The van der Waals surface area contributed by atoms with E-state index in [2.05, 4.69) is 11.8 Å². The summed E-state index contributed by atoms with van der Waals surface area (Å²) in [6, 6.07) is 0. The van der Waals surface area contributed by atoms with Crippen molar-refractivity contribution in [1.82, 2.24) is 0 Å². The molecule has 20 heavy (non-hydrogen) atoms. The van der Waals surface area contributed by atoms with Crippen molar-refractivity contribution in [3.63, 3.8) is 0 Å². The minimum Gasteiger partial charge on any atom is -0.481 e. The van der Waals surface area contributed by atoms with Crippen LogP contribution in [0.5, 0.6) is 0 Å². The van der Waals surface area contributed by atoms with Crippen LogP contribution in [0.4, 0.5) is 0 Å². The quantitative estimate of drug-likeness (QED) is 0.529. The maximum atomic E-state index is 10.2. The van der Waals surface area contributed by atoms with Crippen LogP contribution in [-0.2, 0) is 9.59 Å². The summed E-state index contributed by atoms with van der Waals surface area (Å²) in [7, 11) is 0. The van der Waals surface area contributed by atoms with E-state index in [0.29, 0.717) is 25.7 Å². The molecular weight excluding hydrogens is 256 g/mol. The van der Waals surface area contributed by atoms with Gasteiger partial charge in [0, 0.05) is 12.8 Å². The molecule has 2 atom stereocenters. The van der Waals surface area contributed by atoms with Crippen LogP contribution in [0.1, 0.15) is 52.4 Å². The third-order valence-electron chi connectivity index (χ3n) is 2.76. The first-order valence-electron chi connectivity index (χ1n) is 6.69. The zero-order valence-electron chi connectivity index (χ0n) is 12.3. The molecule has 0 spiro atoms. The van der Waals surface area contributed by atoms with Crippen molar-refractivity contribution in [2.45, 2.75) is 52.4 Å². The van der Waals surface area contributed by atoms with Gasteiger partial charge < -0.3 is 10.2 Å². The fourth-order valence-electron chi connectivity index (χ4n) is 1.27. The molecule has 0 radical (unpaired) electrons. The van der Waals surface area contributed by atoms with Gasteiger partial charge in [0.25, 0.3) is 0 Å². The van der Waals surface area contributed by atoms with E-state index in [1.54, 1.807) is 13.8 Å². The first-order chi connectivity index (χ1) is 9.36. The number of rotatable bonds is 8. The Kier molecular flexibility index (Phi) is 13.7. The monoisotopic (exact) mass is 280 g/mol. The molecule has 2 unspecified atom stereocenters. The van der Waals surface area contributed by atoms with Crippen molar-refractivity contribution in [3.8, 4) is 24.7 Å². The number of carboxylic acid groups (broad SMARTS) is 2. The van der Waals surface area contributed by atoms with Crippen molar-refractivity contribution in [2.24, 2.45) is 11.8 Å². The molecule has 0 aliphatic carbocycles. The number of hydrogen-bond acceptors (Lipinski definition) is 2. The predicted molar refractivity (Wildman–Crippen MR) is 79.0 cm³/mol. The number of unbranched alkanes of at least 4 members (excludes halogenated alkanes) is 2. The lowest BCUT2D eigenvalue weighted by atomic mass is 10.1. The van der Waals surface area contributed by atoms with E-state index in [0.717, 1.165) is 12.8 Å². The average Bonchev–Trinajstić information content (AvgIpc) is 2.39. The summed E-state index contributed by atoms with van der Waals surface area (Å²) < 4.78 is 0. The summed E-state index contributed by atoms with van der Waals surface area (Å²) in [5, 5.41) is 16.9. The van der Waals surface area contributed by atoms with Crippen LogP contribution in [0.3, 0.4) is 0 Å². The first kappa shape index (κ1) is 20.4. The number of aliphatic carboxylic acids is 2. The highest BCUT2D eigenvalue weighted by molar-refractivity contribution is 5.69. The molecule has 4 nitrogen and oxygen atoms in total. The van der Waals surface area contributed by atoms with Gasteiger partial charge >= 0.3 is 11.9 Å². The number of hydrogen-bond donors (Lipinski definition) is 2. The molecule has 0 fully saturated rings. The lowest BCUT2D eigenvalue weighted by Crippen LogP contribution is -2.08. The summed E-state index contributed by atoms with van der Waals surface area (Å²) >= 11 is 0. The largest absolute Gasteiger partial charge is 0.481 e. The summed E-state index contributed by atoms with van der Waals surface area (Å²) in [6.07, 6.45) is 14.3. The standard InChI is InChI=1S/2C8H12O2/c2*1-3-4-5-6-7(2)8(9)10/h2*1,7H,4-6H2,2H3,(H,9,10). The summed E-state index contributed by atoms with van der Waals surface area (Å²) in [5.74, 6) is 2.95. The minimum absolute atomic E-state index is 0.256. The van der Waals surface area contributed by atoms with Gasteiger partial charge in [0.15, 0.2) is 0 Å². The Bertz CT molecular complexity index is 324. The van der Waals surface area contributed by atoms with E-state index >= 15 is 0 Å². The van der Waals surface area contributed by atoms with Crippen LogP contribution in [0.25, 0.3) is 0 Å². The average molecular weight is 280 g/mol. The number of carbonyl (C=O) groups is 2. The number of terminal acetylenes is 2. The molecule has 0 aromatic rings. The molecule has 0 bridgehead atoms. The third kappa shape index (κ3) is 14.1. The highest BCUT2D eigenvalue weighted by Gasteiger charge is 2.09. The van der Waals surface area contributed by atoms with Gasteiger partial charge in [-0.2, -0.15) is 0 Å². The maximum absolute atomic E-state index is 10.2. The van der Waals surface area contributed by atoms with E-state index < -0.39 is 11.9 Å². The molecule has 0 heterocycles. The molecule has 0 saturated heterocycles. The molecule has 0 aliphatic rings. The summed E-state index contributed by atoms with van der Waals surface area (Å²) in [4.78, 5) is 20.5. The van der Waals surface area contributed by atoms with E-state index in [1.165, 1.54) is 0 Å². The van der Waals surface area contributed by atoms with Crippen LogP contribution in [-0.4, -0.2) is 22.2 Å². The molecule has 0 aliphatic heterocycles. The van der Waals surface area contributed by atoms with Crippen LogP contribution >= 0.6 is 0 Å². The Hall–Kier alpha value is -1.94. The molecule has 112 valence electrons. The molecule has 0 rings (SSSR count). The van der Waals surface area contributed by atoms with Crippen LogP contribution in [0.2, 0.25) is 0 Å². The SMILES string of the molecule is C#CCCCC(C)C(=O)O.C#CCCCC(C)C(=O)O. The van der Waals surface area contributed by atoms with Crippen molar-refractivity contribution in [3.05, 3.63) is 0 Å². The lowest BCUT2D eigenvalue weighted by Gasteiger charge is -2.01. The molecule has 0 aromatic heterocycles. The second-order valence-corrected chi connectivity index (χ2v) is 4.67. The van der Waals surface area contributed by atoms with Crippen molar-refractivity contribution in [1.29, 1.82) is 0 Å². The van der Waals surface area contributed by atoms with E-state index in [1.807, 2.05) is 0 Å². The van der Waals surface area contributed by atoms with E-state index in [9.17, 15) is 9.59 Å². The first-order valence-corrected chi connectivity index (χ1v) is 6.69. The fourth-order valence-corrected chi connectivity index (χ4v) is 1.27. The van der Waals surface area contributed by atoms with Gasteiger partial charge in [0.2, 0.25) is 0 Å². The second-order valence-electron chi connectivity index (χ2n) is 4.67. The van der Waals surface area contributed by atoms with Crippen molar-refractivity contribution >= 4 is 11.9 Å². The minimum atomic E-state index is -0.739. The van der Waals surface area contributed by atoms with Gasteiger partial charge in [-0.05, 0) is 25.7 Å². The van der Waals surface area contributed by atoms with Gasteiger partial charge in [-0.1, -0.05) is 13.8 Å². The predicted octanol–water partition coefficient (Wildman–Crippen LogP) is 3.02. The molecular formula is C16H24O4. The molecule has 0 saturated carbocycles. The Balaban J connectivity index is 0. The molecule has 0 aromatic carbocycles. The Morgan fingerprint density at radius 1 is 0.900 bits per heavy atom. The fraction of sp³-hybridized carbons (Fsp3) is 0.625. The Labute approximate surface area is 121 Å². The van der Waals surface area contributed by atoms with E-state index in [4.69, 9.17) is 23.1 Å².